The number of nitrogens with zero attached hydrogens (tertiary/aromatic N) is 1. The van der Waals surface area contributed by atoms with Gasteiger partial charge in [-0.1, -0.05) is 6.92 Å². The molecule has 0 aromatic carbocycles. The topological polar surface area (TPSA) is 49.8 Å². The van der Waals surface area contributed by atoms with Gasteiger partial charge < -0.3 is 14.7 Å². The molecule has 1 aliphatic carbocycles. The van der Waals surface area contributed by atoms with E-state index >= 15 is 0 Å². The van der Waals surface area contributed by atoms with Crippen molar-refractivity contribution in [3.63, 3.8) is 0 Å². The molecular weight excluding hydrogens is 218 g/mol. The second kappa shape index (κ2) is 5.83. The number of aliphatic carboxylic acids is 1. The first-order chi connectivity index (χ1) is 8.15. The molecule has 0 amide bonds. The van der Waals surface area contributed by atoms with Gasteiger partial charge in [0.1, 0.15) is 6.61 Å². The number of hydrogen-bond acceptors (Lipinski definition) is 3. The average molecular weight is 241 g/mol. The van der Waals surface area contributed by atoms with Crippen LogP contribution in [0.15, 0.2) is 0 Å². The number of carboxylic acids is 1. The van der Waals surface area contributed by atoms with E-state index in [0.29, 0.717) is 0 Å². The summed E-state index contributed by atoms with van der Waals surface area (Å²) in [4.78, 5) is 13.0. The largest absolute Gasteiger partial charge is 0.480 e. The average Bonchev–Trinajstić information content (AvgIpc) is 2.74. The third kappa shape index (κ3) is 3.68. The zero-order valence-electron chi connectivity index (χ0n) is 10.6. The van der Waals surface area contributed by atoms with E-state index in [9.17, 15) is 4.79 Å². The summed E-state index contributed by atoms with van der Waals surface area (Å²) in [7, 11) is 0. The van der Waals surface area contributed by atoms with Crippen LogP contribution >= 0.6 is 0 Å². The summed E-state index contributed by atoms with van der Waals surface area (Å²) in [5, 5.41) is 8.56. The Morgan fingerprint density at radius 3 is 2.53 bits per heavy atom. The summed E-state index contributed by atoms with van der Waals surface area (Å²) in [6, 6.07) is 0.769. The monoisotopic (exact) mass is 241 g/mol. The molecule has 0 bridgehead atoms. The lowest BCUT2D eigenvalue weighted by Gasteiger charge is -2.35. The van der Waals surface area contributed by atoms with E-state index in [1.807, 2.05) is 0 Å². The first kappa shape index (κ1) is 12.8. The van der Waals surface area contributed by atoms with Gasteiger partial charge in [0.05, 0.1) is 6.10 Å². The van der Waals surface area contributed by atoms with Crippen molar-refractivity contribution in [2.75, 3.05) is 19.7 Å². The molecule has 1 N–H and O–H groups in total. The van der Waals surface area contributed by atoms with Crippen LogP contribution in [0.25, 0.3) is 0 Å². The number of ether oxygens (including phenoxy) is 1. The lowest BCUT2D eigenvalue weighted by Crippen LogP contribution is -2.42. The summed E-state index contributed by atoms with van der Waals surface area (Å²) in [6.07, 6.45) is 6.15. The van der Waals surface area contributed by atoms with Gasteiger partial charge in [-0.3, -0.25) is 0 Å². The molecule has 2 unspecified atom stereocenters. The van der Waals surface area contributed by atoms with Gasteiger partial charge >= 0.3 is 5.97 Å². The standard InChI is InChI=1S/C13H23NO3/c1-10-2-3-11(8-10)14-6-4-12(5-7-14)17-9-13(15)16/h10-12H,2-9H2,1H3,(H,15,16). The van der Waals surface area contributed by atoms with E-state index in [2.05, 4.69) is 11.8 Å². The summed E-state index contributed by atoms with van der Waals surface area (Å²) in [6.45, 7) is 4.33. The minimum Gasteiger partial charge on any atom is -0.480 e. The van der Waals surface area contributed by atoms with E-state index in [0.717, 1.165) is 37.9 Å². The molecular formula is C13H23NO3. The van der Waals surface area contributed by atoms with Gasteiger partial charge in [0.2, 0.25) is 0 Å². The van der Waals surface area contributed by atoms with Gasteiger partial charge in [-0.05, 0) is 38.0 Å². The van der Waals surface area contributed by atoms with Crippen molar-refractivity contribution < 1.29 is 14.6 Å². The summed E-state index contributed by atoms with van der Waals surface area (Å²) >= 11 is 0. The Labute approximate surface area is 103 Å². The van der Waals surface area contributed by atoms with Crippen LogP contribution < -0.4 is 0 Å². The van der Waals surface area contributed by atoms with Crippen LogP contribution in [0.3, 0.4) is 0 Å². The number of carboxylic acid groups (broad SMARTS) is 1. The summed E-state index contributed by atoms with van der Waals surface area (Å²) < 4.78 is 5.35. The van der Waals surface area contributed by atoms with Gasteiger partial charge in [0, 0.05) is 19.1 Å². The molecule has 2 rings (SSSR count). The molecule has 0 aromatic heterocycles. The van der Waals surface area contributed by atoms with Gasteiger partial charge in [-0.15, -0.1) is 0 Å². The van der Waals surface area contributed by atoms with Crippen LogP contribution in [-0.2, 0) is 9.53 Å². The second-order valence-corrected chi connectivity index (χ2v) is 5.51. The fourth-order valence-electron chi connectivity index (χ4n) is 3.11. The fraction of sp³-hybridized carbons (Fsp3) is 0.923. The molecule has 2 atom stereocenters. The van der Waals surface area contributed by atoms with Crippen LogP contribution in [0.1, 0.15) is 39.0 Å². The predicted octanol–water partition coefficient (Wildman–Crippen LogP) is 1.74. The van der Waals surface area contributed by atoms with E-state index in [4.69, 9.17) is 9.84 Å². The number of hydrogen-bond donors (Lipinski definition) is 1. The van der Waals surface area contributed by atoms with E-state index in [-0.39, 0.29) is 12.7 Å². The zero-order valence-corrected chi connectivity index (χ0v) is 10.6. The fourth-order valence-corrected chi connectivity index (χ4v) is 3.11. The molecule has 1 saturated carbocycles. The number of rotatable bonds is 4. The lowest BCUT2D eigenvalue weighted by molar-refractivity contribution is -0.145. The number of carbonyl (C=O) groups is 1. The molecule has 17 heavy (non-hydrogen) atoms. The van der Waals surface area contributed by atoms with Crippen molar-refractivity contribution in [3.05, 3.63) is 0 Å². The molecule has 0 aromatic rings. The quantitative estimate of drug-likeness (QED) is 0.814. The first-order valence-electron chi connectivity index (χ1n) is 6.72. The Bertz CT molecular complexity index is 261. The zero-order chi connectivity index (χ0) is 12.3. The number of likely N-dealkylation sites (tertiary alicyclic amines) is 1. The molecule has 2 aliphatic rings. The van der Waals surface area contributed by atoms with Crippen molar-refractivity contribution >= 4 is 5.97 Å². The SMILES string of the molecule is CC1CCC(N2CCC(OCC(=O)O)CC2)C1. The maximum Gasteiger partial charge on any atom is 0.329 e. The van der Waals surface area contributed by atoms with Crippen LogP contribution in [0.4, 0.5) is 0 Å². The first-order valence-corrected chi connectivity index (χ1v) is 6.72. The van der Waals surface area contributed by atoms with Crippen LogP contribution in [0.2, 0.25) is 0 Å². The number of piperidine rings is 1. The summed E-state index contributed by atoms with van der Waals surface area (Å²) in [5.41, 5.74) is 0. The molecule has 0 radical (unpaired) electrons. The molecule has 4 nitrogen and oxygen atoms in total. The Kier molecular flexibility index (Phi) is 4.40. The Morgan fingerprint density at radius 2 is 2.00 bits per heavy atom. The van der Waals surface area contributed by atoms with Crippen molar-refractivity contribution in [1.82, 2.24) is 4.90 Å². The van der Waals surface area contributed by atoms with Gasteiger partial charge in [-0.25, -0.2) is 4.79 Å². The molecule has 4 heteroatoms. The molecule has 0 spiro atoms. The minimum absolute atomic E-state index is 0.148. The Hall–Kier alpha value is -0.610. The third-order valence-electron chi connectivity index (χ3n) is 4.10. The lowest BCUT2D eigenvalue weighted by atomic mass is 10.0. The van der Waals surface area contributed by atoms with Crippen molar-refractivity contribution in [3.8, 4) is 0 Å². The smallest absolute Gasteiger partial charge is 0.329 e. The van der Waals surface area contributed by atoms with Crippen molar-refractivity contribution in [1.29, 1.82) is 0 Å². The van der Waals surface area contributed by atoms with E-state index in [1.54, 1.807) is 0 Å². The Morgan fingerprint density at radius 1 is 1.29 bits per heavy atom. The Balaban J connectivity index is 1.69. The minimum atomic E-state index is -0.864. The molecule has 2 fully saturated rings. The van der Waals surface area contributed by atoms with Crippen molar-refractivity contribution in [2.24, 2.45) is 5.92 Å². The summed E-state index contributed by atoms with van der Waals surface area (Å²) in [5.74, 6) is 0.0121. The molecule has 1 aliphatic heterocycles. The van der Waals surface area contributed by atoms with Gasteiger partial charge in [-0.2, -0.15) is 0 Å². The maximum atomic E-state index is 10.4. The molecule has 98 valence electrons. The van der Waals surface area contributed by atoms with Gasteiger partial charge in [0.15, 0.2) is 0 Å². The van der Waals surface area contributed by atoms with Gasteiger partial charge in [0.25, 0.3) is 0 Å². The van der Waals surface area contributed by atoms with E-state index in [1.165, 1.54) is 19.3 Å². The predicted molar refractivity (Wildman–Crippen MR) is 65.0 cm³/mol. The highest BCUT2D eigenvalue weighted by Gasteiger charge is 2.30. The highest BCUT2D eigenvalue weighted by molar-refractivity contribution is 5.68. The van der Waals surface area contributed by atoms with Crippen molar-refractivity contribution in [2.45, 2.75) is 51.2 Å². The highest BCUT2D eigenvalue weighted by Crippen LogP contribution is 2.30. The maximum absolute atomic E-state index is 10.4. The van der Waals surface area contributed by atoms with Crippen LogP contribution in [0, 0.1) is 5.92 Å². The highest BCUT2D eigenvalue weighted by atomic mass is 16.5. The normalized spacial score (nSPS) is 31.8. The molecule has 1 heterocycles. The second-order valence-electron chi connectivity index (χ2n) is 5.51. The molecule has 1 saturated heterocycles. The third-order valence-corrected chi connectivity index (χ3v) is 4.10. The van der Waals surface area contributed by atoms with Crippen LogP contribution in [0.5, 0.6) is 0 Å². The van der Waals surface area contributed by atoms with Crippen LogP contribution in [-0.4, -0.2) is 47.8 Å². The van der Waals surface area contributed by atoms with E-state index < -0.39 is 5.97 Å².